The lowest BCUT2D eigenvalue weighted by Gasteiger charge is -2.20. The Bertz CT molecular complexity index is 629. The van der Waals surface area contributed by atoms with Crippen molar-refractivity contribution in [1.82, 2.24) is 4.98 Å². The first-order valence-corrected chi connectivity index (χ1v) is 5.92. The number of hydrogen-bond acceptors (Lipinski definition) is 4. The van der Waals surface area contributed by atoms with Gasteiger partial charge in [-0.1, -0.05) is 12.1 Å². The van der Waals surface area contributed by atoms with Gasteiger partial charge >= 0.3 is 5.97 Å². The van der Waals surface area contributed by atoms with Gasteiger partial charge in [0.2, 0.25) is 0 Å². The Morgan fingerprint density at radius 1 is 1.40 bits per heavy atom. The molecule has 0 fully saturated rings. The number of pyridine rings is 1. The van der Waals surface area contributed by atoms with E-state index in [4.69, 9.17) is 10.8 Å². The van der Waals surface area contributed by atoms with Gasteiger partial charge in [0, 0.05) is 13.6 Å². The molecule has 0 amide bonds. The van der Waals surface area contributed by atoms with Crippen LogP contribution in [0.15, 0.2) is 36.5 Å². The first-order chi connectivity index (χ1) is 9.47. The highest BCUT2D eigenvalue weighted by Crippen LogP contribution is 2.20. The minimum atomic E-state index is -1.09. The van der Waals surface area contributed by atoms with Crippen molar-refractivity contribution in [3.05, 3.63) is 53.5 Å². The maximum absolute atomic E-state index is 12.8. The van der Waals surface area contributed by atoms with Gasteiger partial charge in [-0.15, -0.1) is 0 Å². The quantitative estimate of drug-likeness (QED) is 0.893. The van der Waals surface area contributed by atoms with E-state index in [0.717, 1.165) is 5.56 Å². The van der Waals surface area contributed by atoms with Crippen molar-refractivity contribution < 1.29 is 14.3 Å². The van der Waals surface area contributed by atoms with E-state index in [-0.39, 0.29) is 11.4 Å². The predicted molar refractivity (Wildman–Crippen MR) is 74.1 cm³/mol. The first kappa shape index (κ1) is 13.8. The zero-order chi connectivity index (χ0) is 14.7. The summed E-state index contributed by atoms with van der Waals surface area (Å²) in [5.74, 6) is -1.09. The fourth-order valence-electron chi connectivity index (χ4n) is 1.87. The average molecular weight is 275 g/mol. The molecule has 0 saturated carbocycles. The average Bonchev–Trinajstić information content (AvgIpc) is 2.41. The van der Waals surface area contributed by atoms with Gasteiger partial charge in [-0.05, 0) is 23.8 Å². The highest BCUT2D eigenvalue weighted by molar-refractivity contribution is 5.94. The SMILES string of the molecule is CN(Cc1ccc(F)cc1)c1ncc(N)cc1C(=O)O. The summed E-state index contributed by atoms with van der Waals surface area (Å²) in [6.45, 7) is 0.414. The van der Waals surface area contributed by atoms with Crippen molar-refractivity contribution in [3.63, 3.8) is 0 Å². The lowest BCUT2D eigenvalue weighted by molar-refractivity contribution is 0.0697. The van der Waals surface area contributed by atoms with Crippen LogP contribution in [-0.4, -0.2) is 23.1 Å². The fourth-order valence-corrected chi connectivity index (χ4v) is 1.87. The molecule has 5 nitrogen and oxygen atoms in total. The molecule has 0 aliphatic heterocycles. The van der Waals surface area contributed by atoms with Crippen LogP contribution >= 0.6 is 0 Å². The van der Waals surface area contributed by atoms with Gasteiger partial charge < -0.3 is 15.7 Å². The second-order valence-corrected chi connectivity index (χ2v) is 4.43. The summed E-state index contributed by atoms with van der Waals surface area (Å²) in [6, 6.07) is 7.37. The maximum Gasteiger partial charge on any atom is 0.339 e. The molecule has 0 atom stereocenters. The zero-order valence-corrected chi connectivity index (χ0v) is 10.9. The monoisotopic (exact) mass is 275 g/mol. The lowest BCUT2D eigenvalue weighted by atomic mass is 10.2. The number of hydrogen-bond donors (Lipinski definition) is 2. The number of anilines is 2. The van der Waals surface area contributed by atoms with Gasteiger partial charge in [-0.2, -0.15) is 0 Å². The Morgan fingerprint density at radius 2 is 2.05 bits per heavy atom. The molecule has 0 aliphatic rings. The van der Waals surface area contributed by atoms with Crippen molar-refractivity contribution in [2.75, 3.05) is 17.7 Å². The van der Waals surface area contributed by atoms with Crippen molar-refractivity contribution >= 4 is 17.5 Å². The zero-order valence-electron chi connectivity index (χ0n) is 10.9. The Hall–Kier alpha value is -2.63. The molecule has 1 aromatic carbocycles. The summed E-state index contributed by atoms with van der Waals surface area (Å²) in [6.07, 6.45) is 1.41. The summed E-state index contributed by atoms with van der Waals surface area (Å²) < 4.78 is 12.8. The van der Waals surface area contributed by atoms with Crippen LogP contribution in [0.5, 0.6) is 0 Å². The van der Waals surface area contributed by atoms with Crippen LogP contribution in [0.2, 0.25) is 0 Å². The molecule has 0 bridgehead atoms. The van der Waals surface area contributed by atoms with Crippen molar-refractivity contribution in [2.24, 2.45) is 0 Å². The van der Waals surface area contributed by atoms with Gasteiger partial charge in [-0.25, -0.2) is 14.2 Å². The molecule has 20 heavy (non-hydrogen) atoms. The third-order valence-electron chi connectivity index (χ3n) is 2.81. The Labute approximate surface area is 115 Å². The van der Waals surface area contributed by atoms with Crippen molar-refractivity contribution in [1.29, 1.82) is 0 Å². The van der Waals surface area contributed by atoms with Gasteiger partial charge in [0.1, 0.15) is 17.2 Å². The number of halogens is 1. The molecule has 104 valence electrons. The smallest absolute Gasteiger partial charge is 0.339 e. The van der Waals surface area contributed by atoms with E-state index in [9.17, 15) is 9.18 Å². The molecule has 0 aliphatic carbocycles. The van der Waals surface area contributed by atoms with E-state index in [0.29, 0.717) is 18.1 Å². The number of nitrogens with two attached hydrogens (primary N) is 1. The number of nitrogen functional groups attached to an aromatic ring is 1. The van der Waals surface area contributed by atoms with Crippen LogP contribution < -0.4 is 10.6 Å². The van der Waals surface area contributed by atoms with Crippen LogP contribution in [0.3, 0.4) is 0 Å². The fraction of sp³-hybridized carbons (Fsp3) is 0.143. The standard InChI is InChI=1S/C14H14FN3O2/c1-18(8-9-2-4-10(15)5-3-9)13-12(14(19)20)6-11(16)7-17-13/h2-7H,8,16H2,1H3,(H,19,20). The van der Waals surface area contributed by atoms with E-state index in [1.807, 2.05) is 0 Å². The van der Waals surface area contributed by atoms with Gasteiger partial charge in [-0.3, -0.25) is 0 Å². The summed E-state index contributed by atoms with van der Waals surface area (Å²) >= 11 is 0. The predicted octanol–water partition coefficient (Wildman–Crippen LogP) is 2.14. The van der Waals surface area contributed by atoms with E-state index >= 15 is 0 Å². The molecule has 3 N–H and O–H groups in total. The maximum atomic E-state index is 12.8. The number of carbonyl (C=O) groups is 1. The largest absolute Gasteiger partial charge is 0.478 e. The topological polar surface area (TPSA) is 79.5 Å². The summed E-state index contributed by atoms with van der Waals surface area (Å²) in [5.41, 5.74) is 6.73. The minimum absolute atomic E-state index is 0.0367. The molecule has 0 radical (unpaired) electrons. The molecular weight excluding hydrogens is 261 g/mol. The molecule has 0 saturated heterocycles. The van der Waals surface area contributed by atoms with Crippen LogP contribution in [0.4, 0.5) is 15.9 Å². The van der Waals surface area contributed by atoms with E-state index in [1.165, 1.54) is 24.4 Å². The summed E-state index contributed by atoms with van der Waals surface area (Å²) in [4.78, 5) is 16.9. The first-order valence-electron chi connectivity index (χ1n) is 5.92. The van der Waals surface area contributed by atoms with Crippen LogP contribution in [0.1, 0.15) is 15.9 Å². The molecular formula is C14H14FN3O2. The highest BCUT2D eigenvalue weighted by atomic mass is 19.1. The van der Waals surface area contributed by atoms with E-state index in [2.05, 4.69) is 4.98 Å². The highest BCUT2D eigenvalue weighted by Gasteiger charge is 2.15. The summed E-state index contributed by atoms with van der Waals surface area (Å²) in [5, 5.41) is 9.17. The van der Waals surface area contributed by atoms with Crippen LogP contribution in [0.25, 0.3) is 0 Å². The van der Waals surface area contributed by atoms with E-state index in [1.54, 1.807) is 24.1 Å². The molecule has 2 rings (SSSR count). The molecule has 1 heterocycles. The van der Waals surface area contributed by atoms with Crippen LogP contribution in [0, 0.1) is 5.82 Å². The molecule has 0 unspecified atom stereocenters. The van der Waals surface area contributed by atoms with Crippen molar-refractivity contribution in [2.45, 2.75) is 6.54 Å². The molecule has 6 heteroatoms. The number of nitrogens with zero attached hydrogens (tertiary/aromatic N) is 2. The van der Waals surface area contributed by atoms with E-state index < -0.39 is 5.97 Å². The van der Waals surface area contributed by atoms with Crippen LogP contribution in [-0.2, 0) is 6.54 Å². The van der Waals surface area contributed by atoms with Gasteiger partial charge in [0.05, 0.1) is 11.9 Å². The minimum Gasteiger partial charge on any atom is -0.478 e. The normalized spacial score (nSPS) is 10.3. The Kier molecular flexibility index (Phi) is 3.84. The Morgan fingerprint density at radius 3 is 2.65 bits per heavy atom. The summed E-state index contributed by atoms with van der Waals surface area (Å²) in [7, 11) is 1.72. The van der Waals surface area contributed by atoms with Gasteiger partial charge in [0.15, 0.2) is 0 Å². The van der Waals surface area contributed by atoms with Gasteiger partial charge in [0.25, 0.3) is 0 Å². The second kappa shape index (κ2) is 5.56. The number of carboxylic acid groups (broad SMARTS) is 1. The number of benzene rings is 1. The lowest BCUT2D eigenvalue weighted by Crippen LogP contribution is -2.21. The third kappa shape index (κ3) is 3.03. The third-order valence-corrected chi connectivity index (χ3v) is 2.81. The Balaban J connectivity index is 2.27. The second-order valence-electron chi connectivity index (χ2n) is 4.43. The number of aromatic nitrogens is 1. The number of rotatable bonds is 4. The number of carboxylic acids is 1. The molecule has 0 spiro atoms. The van der Waals surface area contributed by atoms with Crippen molar-refractivity contribution in [3.8, 4) is 0 Å². The molecule has 2 aromatic rings. The molecule has 1 aromatic heterocycles. The number of aromatic carboxylic acids is 1.